The molecule has 156 valence electrons. The number of nitrogens with zero attached hydrogens (tertiary/aromatic N) is 4. The van der Waals surface area contributed by atoms with Crippen LogP contribution in [-0.4, -0.2) is 23.2 Å². The highest BCUT2D eigenvalue weighted by atomic mass is 32.2. The Balaban J connectivity index is 1.70. The van der Waals surface area contributed by atoms with E-state index in [0.717, 1.165) is 17.0 Å². The molecule has 4 rings (SSSR count). The lowest BCUT2D eigenvalue weighted by atomic mass is 10.2. The van der Waals surface area contributed by atoms with Crippen LogP contribution in [0.4, 0.5) is 9.52 Å². The minimum atomic E-state index is -3.93. The number of nitrogens with one attached hydrogen (secondary N) is 1. The quantitative estimate of drug-likeness (QED) is 0.466. The van der Waals surface area contributed by atoms with Crippen molar-refractivity contribution in [2.24, 2.45) is 0 Å². The van der Waals surface area contributed by atoms with Crippen molar-refractivity contribution in [3.63, 3.8) is 0 Å². The summed E-state index contributed by atoms with van der Waals surface area (Å²) in [5.74, 6) is -0.109. The van der Waals surface area contributed by atoms with Crippen molar-refractivity contribution in [3.05, 3.63) is 77.3 Å². The minimum Gasteiger partial charge on any atom is -0.454 e. The molecule has 8 nitrogen and oxygen atoms in total. The highest BCUT2D eigenvalue weighted by molar-refractivity contribution is 7.93. The molecule has 4 aromatic rings. The first-order chi connectivity index (χ1) is 14.9. The third-order valence-electron chi connectivity index (χ3n) is 4.24. The average Bonchev–Trinajstić information content (AvgIpc) is 3.40. The number of hydrogen-bond donors (Lipinski definition) is 1. The van der Waals surface area contributed by atoms with Gasteiger partial charge in [-0.3, -0.25) is 4.72 Å². The summed E-state index contributed by atoms with van der Waals surface area (Å²) in [7, 11) is -3.93. The van der Waals surface area contributed by atoms with Gasteiger partial charge in [0.05, 0.1) is 10.5 Å². The highest BCUT2D eigenvalue weighted by Gasteiger charge is 2.19. The van der Waals surface area contributed by atoms with Gasteiger partial charge in [0.2, 0.25) is 0 Å². The maximum atomic E-state index is 13.9. The molecule has 11 heteroatoms. The molecule has 0 bridgehead atoms. The van der Waals surface area contributed by atoms with Gasteiger partial charge in [-0.25, -0.2) is 22.5 Å². The monoisotopic (exact) mass is 455 g/mol. The number of thiazole rings is 1. The van der Waals surface area contributed by atoms with Crippen LogP contribution < -0.4 is 9.46 Å². The van der Waals surface area contributed by atoms with Crippen molar-refractivity contribution in [3.8, 4) is 23.3 Å². The predicted molar refractivity (Wildman–Crippen MR) is 112 cm³/mol. The van der Waals surface area contributed by atoms with E-state index in [-0.39, 0.29) is 27.1 Å². The lowest BCUT2D eigenvalue weighted by Crippen LogP contribution is -2.13. The number of sulfonamides is 1. The Hall–Kier alpha value is -3.75. The average molecular weight is 455 g/mol. The van der Waals surface area contributed by atoms with Crippen LogP contribution in [0.2, 0.25) is 0 Å². The first kappa shape index (κ1) is 20.5. The molecule has 0 radical (unpaired) electrons. The predicted octanol–water partition coefficient (Wildman–Crippen LogP) is 4.24. The van der Waals surface area contributed by atoms with Crippen LogP contribution >= 0.6 is 11.3 Å². The lowest BCUT2D eigenvalue weighted by Gasteiger charge is -2.14. The van der Waals surface area contributed by atoms with Gasteiger partial charge in [-0.1, -0.05) is 0 Å². The van der Waals surface area contributed by atoms with Crippen molar-refractivity contribution in [2.75, 3.05) is 4.72 Å². The van der Waals surface area contributed by atoms with E-state index in [0.29, 0.717) is 5.69 Å². The van der Waals surface area contributed by atoms with Gasteiger partial charge >= 0.3 is 0 Å². The summed E-state index contributed by atoms with van der Waals surface area (Å²) in [4.78, 5) is 3.77. The van der Waals surface area contributed by atoms with E-state index in [2.05, 4.69) is 14.8 Å². The van der Waals surface area contributed by atoms with Crippen molar-refractivity contribution in [1.82, 2.24) is 14.8 Å². The molecule has 0 aliphatic rings. The van der Waals surface area contributed by atoms with E-state index in [9.17, 15) is 18.1 Å². The third kappa shape index (κ3) is 4.25. The molecule has 0 saturated heterocycles. The Labute approximate surface area is 181 Å². The second kappa shape index (κ2) is 8.17. The molecule has 0 aliphatic carbocycles. The first-order valence-electron chi connectivity index (χ1n) is 8.82. The van der Waals surface area contributed by atoms with E-state index in [1.165, 1.54) is 47.3 Å². The number of halogens is 1. The van der Waals surface area contributed by atoms with Crippen LogP contribution in [0.25, 0.3) is 5.69 Å². The van der Waals surface area contributed by atoms with Gasteiger partial charge in [-0.15, -0.1) is 11.3 Å². The van der Waals surface area contributed by atoms with Crippen LogP contribution in [0.3, 0.4) is 0 Å². The largest absolute Gasteiger partial charge is 0.454 e. The molecule has 0 aliphatic heterocycles. The maximum absolute atomic E-state index is 13.9. The van der Waals surface area contributed by atoms with Gasteiger partial charge in [-0.2, -0.15) is 10.4 Å². The van der Waals surface area contributed by atoms with Gasteiger partial charge in [0.1, 0.15) is 23.3 Å². The van der Waals surface area contributed by atoms with Gasteiger partial charge in [0.15, 0.2) is 10.9 Å². The van der Waals surface area contributed by atoms with Crippen molar-refractivity contribution in [1.29, 1.82) is 5.26 Å². The summed E-state index contributed by atoms with van der Waals surface area (Å²) in [6.07, 6.45) is 3.04. The van der Waals surface area contributed by atoms with Crippen molar-refractivity contribution < 1.29 is 17.5 Å². The van der Waals surface area contributed by atoms with Crippen LogP contribution in [-0.2, 0) is 10.0 Å². The second-order valence-electron chi connectivity index (χ2n) is 6.31. The Bertz CT molecular complexity index is 1390. The Morgan fingerprint density at radius 3 is 2.65 bits per heavy atom. The number of anilines is 1. The first-order valence-corrected chi connectivity index (χ1v) is 11.2. The molecule has 2 heterocycles. The summed E-state index contributed by atoms with van der Waals surface area (Å²) < 4.78 is 48.7. The number of benzene rings is 2. The lowest BCUT2D eigenvalue weighted by molar-refractivity contribution is 0.473. The molecule has 2 aromatic heterocycles. The van der Waals surface area contributed by atoms with Crippen LogP contribution in [0.15, 0.2) is 65.1 Å². The summed E-state index contributed by atoms with van der Waals surface area (Å²) in [6.45, 7) is 1.80. The summed E-state index contributed by atoms with van der Waals surface area (Å²) in [5.41, 5.74) is 1.09. The molecule has 0 amide bonds. The molecule has 0 fully saturated rings. The number of aryl methyl sites for hydroxylation is 1. The minimum absolute atomic E-state index is 0.00511. The Morgan fingerprint density at radius 2 is 1.97 bits per heavy atom. The zero-order valence-corrected chi connectivity index (χ0v) is 17.6. The fraction of sp³-hybridized carbons (Fsp3) is 0.0500. The van der Waals surface area contributed by atoms with Crippen LogP contribution in [0, 0.1) is 24.1 Å². The molecule has 31 heavy (non-hydrogen) atoms. The fourth-order valence-electron chi connectivity index (χ4n) is 2.78. The Morgan fingerprint density at radius 1 is 1.16 bits per heavy atom. The van der Waals surface area contributed by atoms with E-state index in [1.807, 2.05) is 6.07 Å². The molecule has 0 unspecified atom stereocenters. The van der Waals surface area contributed by atoms with Gasteiger partial charge in [0, 0.05) is 29.5 Å². The molecule has 0 saturated carbocycles. The molecule has 0 atom stereocenters. The molecule has 1 N–H and O–H groups in total. The number of rotatable bonds is 6. The van der Waals surface area contributed by atoms with E-state index < -0.39 is 15.8 Å². The van der Waals surface area contributed by atoms with E-state index >= 15 is 0 Å². The number of aromatic nitrogens is 3. The maximum Gasteiger partial charge on any atom is 0.263 e. The second-order valence-corrected chi connectivity index (χ2v) is 8.89. The number of hydrogen-bond acceptors (Lipinski definition) is 7. The normalized spacial score (nSPS) is 11.1. The van der Waals surface area contributed by atoms with Crippen LogP contribution in [0.1, 0.15) is 11.3 Å². The molecular weight excluding hydrogens is 441 g/mol. The van der Waals surface area contributed by atoms with Gasteiger partial charge in [-0.05, 0) is 43.3 Å². The number of nitriles is 1. The summed E-state index contributed by atoms with van der Waals surface area (Å²) in [6, 6.07) is 11.5. The van der Waals surface area contributed by atoms with E-state index in [4.69, 9.17) is 4.74 Å². The summed E-state index contributed by atoms with van der Waals surface area (Å²) in [5, 5.41) is 15.6. The fourth-order valence-corrected chi connectivity index (χ4v) is 4.60. The standard InChI is InChI=1S/C20H14FN5O3S2/c1-13-6-7-24-26(13)17-11-15(21)2-4-19(17)29-18-5-3-16(10-14(18)12-22)31(27,28)25-20-23-8-9-30-20/h2-11H,1H3,(H,23,25). The SMILES string of the molecule is Cc1ccnn1-c1cc(F)ccc1Oc1ccc(S(=O)(=O)Nc2nccs2)cc1C#N. The zero-order chi connectivity index (χ0) is 22.0. The topological polar surface area (TPSA) is 110 Å². The van der Waals surface area contributed by atoms with Gasteiger partial charge < -0.3 is 4.74 Å². The zero-order valence-electron chi connectivity index (χ0n) is 16.0. The molecule has 0 spiro atoms. The van der Waals surface area contributed by atoms with E-state index in [1.54, 1.807) is 24.6 Å². The van der Waals surface area contributed by atoms with Gasteiger partial charge in [0.25, 0.3) is 10.0 Å². The smallest absolute Gasteiger partial charge is 0.263 e. The molecule has 2 aromatic carbocycles. The van der Waals surface area contributed by atoms with Crippen LogP contribution in [0.5, 0.6) is 11.5 Å². The highest BCUT2D eigenvalue weighted by Crippen LogP contribution is 2.32. The number of ether oxygens (including phenoxy) is 1. The summed E-state index contributed by atoms with van der Waals surface area (Å²) >= 11 is 1.13. The third-order valence-corrected chi connectivity index (χ3v) is 6.39. The molecular formula is C20H14FN5O3S2. The Kier molecular flexibility index (Phi) is 5.41. The van der Waals surface area contributed by atoms with Crippen molar-refractivity contribution in [2.45, 2.75) is 11.8 Å². The van der Waals surface area contributed by atoms with Crippen molar-refractivity contribution >= 4 is 26.5 Å².